The van der Waals surface area contributed by atoms with Crippen LogP contribution in [0.3, 0.4) is 0 Å². The van der Waals surface area contributed by atoms with Gasteiger partial charge in [0.25, 0.3) is 0 Å². The fourth-order valence-electron chi connectivity index (χ4n) is 5.20. The summed E-state index contributed by atoms with van der Waals surface area (Å²) in [6.07, 6.45) is -1.04. The zero-order valence-corrected chi connectivity index (χ0v) is 20.6. The van der Waals surface area contributed by atoms with Gasteiger partial charge in [-0.15, -0.1) is 0 Å². The van der Waals surface area contributed by atoms with Gasteiger partial charge in [0.15, 0.2) is 11.7 Å². The predicted octanol–water partition coefficient (Wildman–Crippen LogP) is 2.54. The molecule has 0 spiro atoms. The largest absolute Gasteiger partial charge is 0.462 e. The molecule has 34 heavy (non-hydrogen) atoms. The van der Waals surface area contributed by atoms with Gasteiger partial charge in [-0.2, -0.15) is 0 Å². The second-order valence-corrected chi connectivity index (χ2v) is 9.38. The van der Waals surface area contributed by atoms with Crippen molar-refractivity contribution >= 4 is 23.9 Å². The molecule has 5 unspecified atom stereocenters. The van der Waals surface area contributed by atoms with Gasteiger partial charge in [-0.1, -0.05) is 13.0 Å². The summed E-state index contributed by atoms with van der Waals surface area (Å²) in [4.78, 5) is 49.5. The maximum atomic E-state index is 12.6. The molecule has 3 rings (SSSR count). The third-order valence-electron chi connectivity index (χ3n) is 7.25. The van der Waals surface area contributed by atoms with E-state index in [-0.39, 0.29) is 19.3 Å². The molecule has 0 radical (unpaired) electrons. The van der Waals surface area contributed by atoms with Crippen molar-refractivity contribution in [1.29, 1.82) is 0 Å². The zero-order valence-electron chi connectivity index (χ0n) is 20.6. The molecule has 0 aromatic rings. The van der Waals surface area contributed by atoms with Crippen LogP contribution in [0.4, 0.5) is 0 Å². The van der Waals surface area contributed by atoms with Crippen molar-refractivity contribution in [2.75, 3.05) is 0 Å². The number of aliphatic hydroxyl groups is 1. The topological polar surface area (TPSA) is 125 Å². The maximum Gasteiger partial charge on any atom is 0.333 e. The highest BCUT2D eigenvalue weighted by molar-refractivity contribution is 5.88. The molecule has 7 atom stereocenters. The van der Waals surface area contributed by atoms with E-state index in [0.717, 1.165) is 0 Å². The van der Waals surface area contributed by atoms with Gasteiger partial charge >= 0.3 is 23.9 Å². The number of carbonyl (C=O) groups is 4. The van der Waals surface area contributed by atoms with Crippen molar-refractivity contribution in [3.63, 3.8) is 0 Å². The summed E-state index contributed by atoms with van der Waals surface area (Å²) in [5.74, 6) is -3.61. The Balaban J connectivity index is 2.08. The Labute approximate surface area is 199 Å². The lowest BCUT2D eigenvalue weighted by molar-refractivity contribution is -0.179. The molecule has 2 fully saturated rings. The third kappa shape index (κ3) is 4.50. The minimum Gasteiger partial charge on any atom is -0.462 e. The highest BCUT2D eigenvalue weighted by atomic mass is 16.6. The summed E-state index contributed by atoms with van der Waals surface area (Å²) < 4.78 is 22.7. The molecular weight excluding hydrogens is 444 g/mol. The normalized spacial score (nSPS) is 35.1. The number of hydrogen-bond donors (Lipinski definition) is 1. The fraction of sp³-hybridized carbons (Fsp3) is 0.680. The lowest BCUT2D eigenvalue weighted by Gasteiger charge is -2.36. The van der Waals surface area contributed by atoms with Gasteiger partial charge in [-0.3, -0.25) is 14.4 Å². The number of fused-ring (bicyclic) bond motifs is 3. The van der Waals surface area contributed by atoms with Crippen LogP contribution in [0.2, 0.25) is 0 Å². The van der Waals surface area contributed by atoms with E-state index in [4.69, 9.17) is 18.9 Å². The molecule has 9 nitrogen and oxygen atoms in total. The molecular formula is C25H34O9. The van der Waals surface area contributed by atoms with E-state index in [9.17, 15) is 24.3 Å². The number of esters is 4. The van der Waals surface area contributed by atoms with Gasteiger partial charge < -0.3 is 24.1 Å². The third-order valence-corrected chi connectivity index (χ3v) is 7.25. The molecule has 2 aliphatic carbocycles. The van der Waals surface area contributed by atoms with E-state index in [1.807, 2.05) is 6.92 Å². The molecule has 1 saturated carbocycles. The molecule has 3 aliphatic rings. The Morgan fingerprint density at radius 3 is 2.44 bits per heavy atom. The molecule has 1 heterocycles. The highest BCUT2D eigenvalue weighted by Crippen LogP contribution is 2.52. The van der Waals surface area contributed by atoms with Crippen LogP contribution >= 0.6 is 0 Å². The molecule has 9 heteroatoms. The first-order valence-electron chi connectivity index (χ1n) is 11.8. The Bertz CT molecular complexity index is 933. The highest BCUT2D eigenvalue weighted by Gasteiger charge is 2.66. The van der Waals surface area contributed by atoms with Crippen LogP contribution in [0, 0.1) is 11.8 Å². The number of rotatable bonds is 6. The second-order valence-electron chi connectivity index (χ2n) is 9.38. The number of carbonyl (C=O) groups excluding carboxylic acids is 4. The molecule has 1 aliphatic heterocycles. The van der Waals surface area contributed by atoms with Gasteiger partial charge in [-0.05, 0) is 51.7 Å². The lowest BCUT2D eigenvalue weighted by Crippen LogP contribution is -2.55. The van der Waals surface area contributed by atoms with E-state index in [0.29, 0.717) is 23.1 Å². The van der Waals surface area contributed by atoms with Crippen molar-refractivity contribution in [2.24, 2.45) is 11.8 Å². The first kappa shape index (κ1) is 25.9. The Hall–Kier alpha value is -2.68. The molecule has 0 aromatic heterocycles. The Morgan fingerprint density at radius 2 is 1.85 bits per heavy atom. The quantitative estimate of drug-likeness (QED) is 0.265. The van der Waals surface area contributed by atoms with Crippen molar-refractivity contribution in [3.05, 3.63) is 22.8 Å². The average molecular weight is 479 g/mol. The monoisotopic (exact) mass is 478 g/mol. The average Bonchev–Trinajstić information content (AvgIpc) is 3.17. The van der Waals surface area contributed by atoms with Crippen LogP contribution in [-0.2, 0) is 38.1 Å². The first-order chi connectivity index (χ1) is 15.9. The van der Waals surface area contributed by atoms with Crippen LogP contribution < -0.4 is 0 Å². The molecule has 188 valence electrons. The molecule has 0 amide bonds. The minimum atomic E-state index is -1.86. The van der Waals surface area contributed by atoms with E-state index >= 15 is 0 Å². The van der Waals surface area contributed by atoms with Crippen LogP contribution in [0.15, 0.2) is 22.8 Å². The van der Waals surface area contributed by atoms with Crippen molar-refractivity contribution in [1.82, 2.24) is 0 Å². The lowest BCUT2D eigenvalue weighted by atomic mass is 9.78. The summed E-state index contributed by atoms with van der Waals surface area (Å²) in [6.45, 7) is 9.77. The molecule has 0 bridgehead atoms. The van der Waals surface area contributed by atoms with E-state index in [1.165, 1.54) is 13.8 Å². The van der Waals surface area contributed by atoms with Crippen LogP contribution in [0.25, 0.3) is 0 Å². The van der Waals surface area contributed by atoms with Crippen molar-refractivity contribution in [2.45, 2.75) is 97.2 Å². The molecule has 1 N–H and O–H groups in total. The predicted molar refractivity (Wildman–Crippen MR) is 119 cm³/mol. The number of ether oxygens (including phenoxy) is 4. The summed E-state index contributed by atoms with van der Waals surface area (Å²) >= 11 is 0. The number of hydrogen-bond acceptors (Lipinski definition) is 9. The van der Waals surface area contributed by atoms with E-state index < -0.39 is 65.7 Å². The van der Waals surface area contributed by atoms with Crippen LogP contribution in [0.5, 0.6) is 0 Å². The fourth-order valence-corrected chi connectivity index (χ4v) is 5.20. The van der Waals surface area contributed by atoms with Crippen LogP contribution in [-0.4, -0.2) is 59.0 Å². The van der Waals surface area contributed by atoms with Gasteiger partial charge in [0.2, 0.25) is 0 Å². The zero-order chi connectivity index (χ0) is 25.4. The first-order valence-corrected chi connectivity index (χ1v) is 11.8. The summed E-state index contributed by atoms with van der Waals surface area (Å²) in [6, 6.07) is 0. The summed E-state index contributed by atoms with van der Waals surface area (Å²) in [5.41, 5.74) is -0.231. The van der Waals surface area contributed by atoms with E-state index in [2.05, 4.69) is 0 Å². The summed E-state index contributed by atoms with van der Waals surface area (Å²) in [7, 11) is 0. The van der Waals surface area contributed by atoms with Crippen molar-refractivity contribution < 1.29 is 43.2 Å². The maximum absolute atomic E-state index is 12.6. The SMILES string of the molecule is C/C=C(/C)C(=O)O[C@@H]1CC2C(=C1C)C1OC(=O)C(C)C1(O)[C@@H](OC(=O)CCC)CC2OC(C)=O. The summed E-state index contributed by atoms with van der Waals surface area (Å²) in [5, 5.41) is 11.9. The number of allylic oxidation sites excluding steroid dienone is 1. The Kier molecular flexibility index (Phi) is 7.55. The minimum absolute atomic E-state index is 0.0149. The van der Waals surface area contributed by atoms with Crippen LogP contribution in [0.1, 0.15) is 67.2 Å². The van der Waals surface area contributed by atoms with Gasteiger partial charge in [0.1, 0.15) is 18.3 Å². The second kappa shape index (κ2) is 9.90. The molecule has 0 aromatic carbocycles. The van der Waals surface area contributed by atoms with Gasteiger partial charge in [0.05, 0.1) is 5.92 Å². The van der Waals surface area contributed by atoms with Gasteiger partial charge in [-0.25, -0.2) is 4.79 Å². The smallest absolute Gasteiger partial charge is 0.333 e. The van der Waals surface area contributed by atoms with Crippen molar-refractivity contribution in [3.8, 4) is 0 Å². The standard InChI is InChI=1S/C25H34O9/c1-7-9-20(27)33-19-11-18(31-15(6)26)16-10-17(32-23(28)12(3)8-2)13(4)21(16)22-25(19,30)14(5)24(29)34-22/h8,14,16-19,22,30H,7,9-11H2,1-6H3/b12-8-/t14?,16?,17-,18?,19+,22?,25?/m1/s1. The Morgan fingerprint density at radius 1 is 1.18 bits per heavy atom. The van der Waals surface area contributed by atoms with Gasteiger partial charge in [0, 0.05) is 31.3 Å². The van der Waals surface area contributed by atoms with E-state index in [1.54, 1.807) is 26.8 Å². The molecule has 1 saturated heterocycles.